The number of hydrogen-bond donors (Lipinski definition) is 1. The largest absolute Gasteiger partial charge is 0.545 e. The van der Waals surface area contributed by atoms with Gasteiger partial charge in [0, 0.05) is 10.8 Å². The van der Waals surface area contributed by atoms with Crippen molar-refractivity contribution in [2.24, 2.45) is 0 Å². The van der Waals surface area contributed by atoms with Gasteiger partial charge in [0.1, 0.15) is 5.69 Å². The van der Waals surface area contributed by atoms with Crippen LogP contribution in [0.4, 0.5) is 5.13 Å². The van der Waals surface area contributed by atoms with Crippen LogP contribution in [0.25, 0.3) is 0 Å². The molecule has 0 bridgehead atoms. The lowest BCUT2D eigenvalue weighted by Gasteiger charge is -2.36. The maximum atomic E-state index is 10.1. The van der Waals surface area contributed by atoms with Crippen LogP contribution in [0.2, 0.25) is 0 Å². The lowest BCUT2D eigenvalue weighted by molar-refractivity contribution is -0.376. The fraction of sp³-hybridized carbons (Fsp3) is 0.444. The second kappa shape index (κ2) is 6.32. The van der Waals surface area contributed by atoms with Crippen LogP contribution >= 0.6 is 11.3 Å². The molecule has 1 aliphatic carbocycles. The maximum absolute atomic E-state index is 10.1. The summed E-state index contributed by atoms with van der Waals surface area (Å²) in [5.74, 6) is -1.13. The molecule has 3 rings (SSSR count). The van der Waals surface area contributed by atoms with Crippen molar-refractivity contribution < 1.29 is 14.9 Å². The first-order chi connectivity index (χ1) is 10.6. The monoisotopic (exact) mass is 332 g/mol. The summed E-state index contributed by atoms with van der Waals surface area (Å²) in [6, 6.07) is 8.06. The van der Waals surface area contributed by atoms with Crippen molar-refractivity contribution in [3.8, 4) is 0 Å². The number of nitrogens with two attached hydrogens (primary N) is 1. The van der Waals surface area contributed by atoms with Gasteiger partial charge in [-0.1, -0.05) is 69.4 Å². The van der Waals surface area contributed by atoms with Gasteiger partial charge in [-0.25, -0.2) is 4.98 Å². The zero-order chi connectivity index (χ0) is 17.3. The van der Waals surface area contributed by atoms with Crippen LogP contribution in [0.1, 0.15) is 61.5 Å². The molecule has 0 amide bonds. The molecule has 4 nitrogen and oxygen atoms in total. The van der Waals surface area contributed by atoms with Crippen LogP contribution < -0.4 is 15.8 Å². The van der Waals surface area contributed by atoms with E-state index >= 15 is 0 Å². The van der Waals surface area contributed by atoms with Crippen molar-refractivity contribution >= 4 is 22.4 Å². The van der Waals surface area contributed by atoms with Gasteiger partial charge in [0.05, 0.1) is 10.8 Å². The SMILES string of the molecule is CC1(C)CCC(C)(C)c2sc(N)[nH+]c21.O=C([O-])c1ccccc1. The van der Waals surface area contributed by atoms with Gasteiger partial charge in [-0.15, -0.1) is 0 Å². The molecule has 5 heteroatoms. The van der Waals surface area contributed by atoms with Crippen molar-refractivity contribution in [1.82, 2.24) is 0 Å². The molecule has 1 heterocycles. The van der Waals surface area contributed by atoms with Crippen LogP contribution in [-0.2, 0) is 10.8 Å². The third-order valence-electron chi connectivity index (χ3n) is 4.36. The van der Waals surface area contributed by atoms with E-state index in [9.17, 15) is 9.90 Å². The maximum Gasteiger partial charge on any atom is 0.329 e. The number of nitrogens with one attached hydrogen (secondary N) is 1. The molecule has 0 spiro atoms. The van der Waals surface area contributed by atoms with Crippen molar-refractivity contribution in [3.05, 3.63) is 46.5 Å². The number of carbonyl (C=O) groups is 1. The number of H-pyrrole nitrogens is 1. The standard InChI is InChI=1S/C11H18N2S.C7H6O2/c1-10(2)5-6-11(3,4)8-7(10)13-9(12)14-8;8-7(9)6-4-2-1-3-5-6/h5-6H2,1-4H3,(H2,12,13);1-5H,(H,8,9). The molecular weight excluding hydrogens is 308 g/mol. The van der Waals surface area contributed by atoms with Gasteiger partial charge >= 0.3 is 5.13 Å². The lowest BCUT2D eigenvalue weighted by atomic mass is 9.69. The smallest absolute Gasteiger partial charge is 0.329 e. The highest BCUT2D eigenvalue weighted by molar-refractivity contribution is 7.15. The minimum Gasteiger partial charge on any atom is -0.545 e. The molecule has 0 aliphatic heterocycles. The van der Waals surface area contributed by atoms with Crippen LogP contribution in [-0.4, -0.2) is 5.97 Å². The minimum atomic E-state index is -1.13. The van der Waals surface area contributed by atoms with E-state index in [1.54, 1.807) is 29.5 Å². The van der Waals surface area contributed by atoms with Gasteiger partial charge in [0.15, 0.2) is 0 Å². The van der Waals surface area contributed by atoms with Crippen LogP contribution in [0, 0.1) is 0 Å². The molecule has 0 unspecified atom stereocenters. The summed E-state index contributed by atoms with van der Waals surface area (Å²) in [5.41, 5.74) is 8.00. The molecule has 0 atom stereocenters. The summed E-state index contributed by atoms with van der Waals surface area (Å²) in [4.78, 5) is 14.9. The number of aromatic amines is 1. The number of carboxylic acids is 1. The predicted molar refractivity (Wildman–Crippen MR) is 91.3 cm³/mol. The highest BCUT2D eigenvalue weighted by Gasteiger charge is 2.42. The molecule has 23 heavy (non-hydrogen) atoms. The van der Waals surface area contributed by atoms with Crippen molar-refractivity contribution in [2.45, 2.75) is 51.4 Å². The minimum absolute atomic E-state index is 0.220. The number of thiazole rings is 1. The van der Waals surface area contributed by atoms with E-state index in [0.717, 1.165) is 5.13 Å². The summed E-state index contributed by atoms with van der Waals surface area (Å²) in [7, 11) is 0. The van der Waals surface area contributed by atoms with Gasteiger partial charge in [0.2, 0.25) is 0 Å². The number of nitrogen functional groups attached to an aromatic ring is 1. The van der Waals surface area contributed by atoms with Gasteiger partial charge in [-0.05, 0) is 18.4 Å². The van der Waals surface area contributed by atoms with E-state index in [1.807, 2.05) is 0 Å². The van der Waals surface area contributed by atoms with Gasteiger partial charge in [-0.3, -0.25) is 5.73 Å². The normalized spacial score (nSPS) is 17.6. The third kappa shape index (κ3) is 3.91. The molecule has 0 saturated carbocycles. The number of hydrogen-bond acceptors (Lipinski definition) is 4. The molecule has 0 saturated heterocycles. The summed E-state index contributed by atoms with van der Waals surface area (Å²) in [6.45, 7) is 9.21. The van der Waals surface area contributed by atoms with Gasteiger partial charge < -0.3 is 9.90 Å². The summed E-state index contributed by atoms with van der Waals surface area (Å²) in [5, 5.41) is 10.9. The van der Waals surface area contributed by atoms with Crippen LogP contribution in [0.15, 0.2) is 30.3 Å². The molecular formula is C18H24N2O2S. The number of anilines is 1. The number of benzene rings is 1. The first kappa shape index (κ1) is 17.5. The number of fused-ring (bicyclic) bond motifs is 1. The number of aromatic nitrogens is 1. The molecule has 3 N–H and O–H groups in total. The van der Waals surface area contributed by atoms with Gasteiger partial charge in [-0.2, -0.15) is 0 Å². The Morgan fingerprint density at radius 3 is 2.17 bits per heavy atom. The van der Waals surface area contributed by atoms with E-state index in [-0.39, 0.29) is 11.0 Å². The molecule has 2 aromatic rings. The molecule has 1 aromatic heterocycles. The Morgan fingerprint density at radius 2 is 1.70 bits per heavy atom. The molecule has 1 aromatic carbocycles. The second-order valence-electron chi connectivity index (χ2n) is 7.22. The molecule has 0 radical (unpaired) electrons. The Morgan fingerprint density at radius 1 is 1.13 bits per heavy atom. The third-order valence-corrected chi connectivity index (χ3v) is 5.65. The number of carbonyl (C=O) groups excluding carboxylic acids is 1. The highest BCUT2D eigenvalue weighted by Crippen LogP contribution is 2.46. The first-order valence-corrected chi connectivity index (χ1v) is 8.54. The fourth-order valence-electron chi connectivity index (χ4n) is 2.76. The molecule has 124 valence electrons. The number of aromatic carboxylic acids is 1. The predicted octanol–water partition coefficient (Wildman–Crippen LogP) is 2.54. The van der Waals surface area contributed by atoms with E-state index in [0.29, 0.717) is 5.41 Å². The Hall–Kier alpha value is -1.88. The summed E-state index contributed by atoms with van der Waals surface area (Å²) < 4.78 is 0. The fourth-order valence-corrected chi connectivity index (χ4v) is 3.94. The first-order valence-electron chi connectivity index (χ1n) is 7.72. The zero-order valence-corrected chi connectivity index (χ0v) is 14.9. The van der Waals surface area contributed by atoms with E-state index in [2.05, 4.69) is 32.7 Å². The number of carboxylic acid groups (broad SMARTS) is 1. The lowest BCUT2D eigenvalue weighted by Crippen LogP contribution is -2.36. The Labute approximate surface area is 141 Å². The van der Waals surface area contributed by atoms with Crippen molar-refractivity contribution in [2.75, 3.05) is 5.73 Å². The molecule has 1 aliphatic rings. The Bertz CT molecular complexity index is 657. The highest BCUT2D eigenvalue weighted by atomic mass is 32.1. The van der Waals surface area contributed by atoms with Gasteiger partial charge in [0.25, 0.3) is 0 Å². The van der Waals surface area contributed by atoms with Crippen molar-refractivity contribution in [1.29, 1.82) is 0 Å². The Balaban J connectivity index is 0.000000185. The quantitative estimate of drug-likeness (QED) is 0.871. The average molecular weight is 332 g/mol. The van der Waals surface area contributed by atoms with E-state index in [1.165, 1.54) is 35.5 Å². The van der Waals surface area contributed by atoms with E-state index in [4.69, 9.17) is 5.73 Å². The average Bonchev–Trinajstić information content (AvgIpc) is 2.90. The Kier molecular flexibility index (Phi) is 4.80. The second-order valence-corrected chi connectivity index (χ2v) is 8.27. The number of rotatable bonds is 1. The van der Waals surface area contributed by atoms with E-state index < -0.39 is 5.97 Å². The van der Waals surface area contributed by atoms with Crippen LogP contribution in [0.3, 0.4) is 0 Å². The van der Waals surface area contributed by atoms with Crippen LogP contribution in [0.5, 0.6) is 0 Å². The summed E-state index contributed by atoms with van der Waals surface area (Å²) in [6.07, 6.45) is 2.49. The molecule has 0 fully saturated rings. The summed E-state index contributed by atoms with van der Waals surface area (Å²) >= 11 is 1.72. The van der Waals surface area contributed by atoms with Crippen molar-refractivity contribution in [3.63, 3.8) is 0 Å². The topological polar surface area (TPSA) is 80.3 Å². The zero-order valence-electron chi connectivity index (χ0n) is 14.1.